The summed E-state index contributed by atoms with van der Waals surface area (Å²) in [4.78, 5) is 12.6. The topological polar surface area (TPSA) is 16.2 Å². The second-order valence-corrected chi connectivity index (χ2v) is 28.5. The van der Waals surface area contributed by atoms with Crippen molar-refractivity contribution in [1.82, 2.24) is 0 Å². The van der Waals surface area contributed by atoms with E-state index in [2.05, 4.69) is 395 Å². The average molecular weight is 1340 g/mol. The molecule has 4 aliphatic rings. The van der Waals surface area contributed by atoms with Crippen LogP contribution in [-0.4, -0.2) is 28.4 Å². The van der Waals surface area contributed by atoms with Gasteiger partial charge >= 0.3 is 546 Å². The molecule has 16 aromatic rings. The summed E-state index contributed by atoms with van der Waals surface area (Å²) in [5, 5.41) is 4.98. The van der Waals surface area contributed by atoms with Crippen molar-refractivity contribution in [2.24, 2.45) is 0 Å². The van der Waals surface area contributed by atoms with E-state index in [1.807, 2.05) is 0 Å². The zero-order valence-electron chi connectivity index (χ0n) is 54.5. The Labute approximate surface area is 589 Å². The van der Waals surface area contributed by atoms with E-state index in [4.69, 9.17) is 0 Å². The molecule has 0 spiro atoms. The molecule has 4 heterocycles. The number of hydrogen-bond acceptors (Lipinski definition) is 5. The van der Waals surface area contributed by atoms with Crippen LogP contribution >= 0.6 is 0 Å². The second kappa shape index (κ2) is 23.8. The molecule has 5 nitrogen and oxygen atoms in total. The molecule has 0 aromatic heterocycles. The SMILES string of the molecule is c1ccc(-c2c3ccccc3c(-c3ccc(N4c5ccccc5B5c6cc7c(cc6[Se]c6cc(N(c8ccccc8)c8ccccc8)cc4c65)N(c4ccccc4)c4cc(N(c5ccccc5)c5ccccc5)cc5c4B7c4ccccc4N5c4ccccc4)cc3)c3ccccc23)cc1. The molecule has 0 bridgehead atoms. The van der Waals surface area contributed by atoms with Crippen LogP contribution in [0.3, 0.4) is 0 Å². The maximum Gasteiger partial charge on any atom is -0.0543 e. The quantitative estimate of drug-likeness (QED) is 0.0945. The third-order valence-electron chi connectivity index (χ3n) is 20.8. The van der Waals surface area contributed by atoms with Crippen LogP contribution in [0.25, 0.3) is 43.8 Å². The van der Waals surface area contributed by atoms with Crippen LogP contribution in [0, 0.1) is 0 Å². The van der Waals surface area contributed by atoms with Crippen molar-refractivity contribution in [3.63, 3.8) is 0 Å². The van der Waals surface area contributed by atoms with Gasteiger partial charge in [-0.15, -0.1) is 0 Å². The Kier molecular flexibility index (Phi) is 13.8. The summed E-state index contributed by atoms with van der Waals surface area (Å²) in [6.45, 7) is -0.195. The minimum atomic E-state index is -0.169. The average Bonchev–Trinajstić information content (AvgIpc) is 0.622. The van der Waals surface area contributed by atoms with Crippen LogP contribution in [0.15, 0.2) is 370 Å². The fourth-order valence-corrected chi connectivity index (χ4v) is 19.2. The van der Waals surface area contributed by atoms with Crippen molar-refractivity contribution in [1.29, 1.82) is 0 Å². The zero-order valence-corrected chi connectivity index (χ0v) is 56.2. The Morgan fingerprint density at radius 2 is 0.560 bits per heavy atom. The molecule has 0 radical (unpaired) electrons. The molecule has 0 aliphatic carbocycles. The molecule has 0 atom stereocenters. The fraction of sp³-hybridized carbons (Fsp3) is 0. The first kappa shape index (κ1) is 57.9. The molecule has 16 aromatic carbocycles. The van der Waals surface area contributed by atoms with Gasteiger partial charge in [0.25, 0.3) is 0 Å². The smallest absolute Gasteiger partial charge is 0.0543 e. The Morgan fingerprint density at radius 1 is 0.220 bits per heavy atom. The van der Waals surface area contributed by atoms with Crippen molar-refractivity contribution in [2.75, 3.05) is 24.5 Å². The van der Waals surface area contributed by atoms with Crippen LogP contribution < -0.4 is 66.2 Å². The molecule has 0 N–H and O–H groups in total. The van der Waals surface area contributed by atoms with Crippen molar-refractivity contribution < 1.29 is 0 Å². The normalized spacial score (nSPS) is 12.9. The Hall–Kier alpha value is -12.3. The minimum Gasteiger partial charge on any atom is -0.0617 e. The maximum atomic E-state index is 2.67. The number of nitrogens with zero attached hydrogens (tertiary/aromatic N) is 5. The first-order chi connectivity index (χ1) is 49.7. The molecule has 20 rings (SSSR count). The molecule has 0 saturated heterocycles. The van der Waals surface area contributed by atoms with E-state index < -0.39 is 0 Å². The molecule has 466 valence electrons. The minimum absolute atomic E-state index is 0.0807. The van der Waals surface area contributed by atoms with E-state index in [1.54, 1.807) is 0 Å². The molecular formula is C92H61B2N5Se. The predicted octanol–water partition coefficient (Wildman–Crippen LogP) is 18.6. The van der Waals surface area contributed by atoms with Crippen LogP contribution in [0.2, 0.25) is 0 Å². The summed E-state index contributed by atoms with van der Waals surface area (Å²) in [5.41, 5.74) is 29.8. The van der Waals surface area contributed by atoms with Crippen LogP contribution in [0.4, 0.5) is 85.3 Å². The Morgan fingerprint density at radius 3 is 1.01 bits per heavy atom. The first-order valence-electron chi connectivity index (χ1n) is 34.5. The molecule has 8 heteroatoms. The molecule has 0 saturated carbocycles. The van der Waals surface area contributed by atoms with Crippen molar-refractivity contribution in [2.45, 2.75) is 0 Å². The monoisotopic (exact) mass is 1340 g/mol. The number of para-hydroxylation sites is 8. The summed E-state index contributed by atoms with van der Waals surface area (Å²) in [6.07, 6.45) is 0. The Balaban J connectivity index is 0.820. The molecule has 100 heavy (non-hydrogen) atoms. The number of anilines is 15. The predicted molar refractivity (Wildman–Crippen MR) is 427 cm³/mol. The van der Waals surface area contributed by atoms with Gasteiger partial charge in [0.15, 0.2) is 0 Å². The maximum absolute atomic E-state index is 2.67. The van der Waals surface area contributed by atoms with Crippen LogP contribution in [-0.2, 0) is 0 Å². The third kappa shape index (κ3) is 9.26. The first-order valence-corrected chi connectivity index (χ1v) is 36.2. The van der Waals surface area contributed by atoms with E-state index in [1.165, 1.54) is 108 Å². The molecule has 4 aliphatic heterocycles. The molecule has 0 unspecified atom stereocenters. The van der Waals surface area contributed by atoms with Gasteiger partial charge in [-0.3, -0.25) is 0 Å². The summed E-state index contributed by atoms with van der Waals surface area (Å²) < 4.78 is 2.76. The standard InChI is InChI=1S/C92H61B2N5Se/c1-8-30-62(31-9-1)89-73-44-22-24-46-75(73)90(76-47-25-23-45-74(76)89)63-52-54-70(55-53-63)98-82-51-29-27-49-78(82)94-80-60-79-83(61-87(80)100-88-59-72(58-86(98)92(88)94)96(66-36-14-4-15-37-66)67-38-16-5-17-39-67)99(69-42-20-7-21-43-69)85-57-71(95(64-32-10-2-11-33-64)65-34-12-3-13-35-65)56-84-91(85)93(79)77-48-26-28-50-81(77)97(84)68-40-18-6-19-41-68/h1-61H. The fourth-order valence-electron chi connectivity index (χ4n) is 16.7. The van der Waals surface area contributed by atoms with E-state index in [0.29, 0.717) is 0 Å². The molecule has 0 fully saturated rings. The number of rotatable bonds is 11. The van der Waals surface area contributed by atoms with Gasteiger partial charge in [0.1, 0.15) is 0 Å². The summed E-state index contributed by atoms with van der Waals surface area (Å²) in [6, 6.07) is 138. The summed E-state index contributed by atoms with van der Waals surface area (Å²) in [5.74, 6) is 0. The van der Waals surface area contributed by atoms with Crippen molar-refractivity contribution in [3.05, 3.63) is 370 Å². The van der Waals surface area contributed by atoms with Gasteiger partial charge in [0.2, 0.25) is 0 Å². The zero-order chi connectivity index (χ0) is 65.8. The summed E-state index contributed by atoms with van der Waals surface area (Å²) in [7, 11) is 0. The van der Waals surface area contributed by atoms with Crippen LogP contribution in [0.1, 0.15) is 0 Å². The number of fused-ring (bicyclic) bond motifs is 10. The third-order valence-corrected chi connectivity index (χ3v) is 23.1. The van der Waals surface area contributed by atoms with E-state index in [0.717, 1.165) is 62.6 Å². The van der Waals surface area contributed by atoms with E-state index in [-0.39, 0.29) is 28.4 Å². The van der Waals surface area contributed by atoms with Gasteiger partial charge in [-0.05, 0) is 5.56 Å². The summed E-state index contributed by atoms with van der Waals surface area (Å²) >= 11 is -0.169. The number of benzene rings is 16. The van der Waals surface area contributed by atoms with Gasteiger partial charge in [-0.25, -0.2) is 0 Å². The van der Waals surface area contributed by atoms with Gasteiger partial charge in [0, 0.05) is 0 Å². The van der Waals surface area contributed by atoms with Gasteiger partial charge in [0.05, 0.1) is 0 Å². The number of hydrogen-bond donors (Lipinski definition) is 0. The van der Waals surface area contributed by atoms with Crippen molar-refractivity contribution >= 4 is 177 Å². The molecule has 0 amide bonds. The van der Waals surface area contributed by atoms with Crippen LogP contribution in [0.5, 0.6) is 0 Å². The van der Waals surface area contributed by atoms with Gasteiger partial charge in [-0.2, -0.15) is 0 Å². The van der Waals surface area contributed by atoms with Crippen molar-refractivity contribution in [3.8, 4) is 22.3 Å². The Bertz CT molecular complexity index is 5720. The second-order valence-electron chi connectivity index (χ2n) is 26.3. The van der Waals surface area contributed by atoms with E-state index >= 15 is 0 Å². The largest absolute Gasteiger partial charge is 0.0617 e. The van der Waals surface area contributed by atoms with Gasteiger partial charge < -0.3 is 0 Å². The van der Waals surface area contributed by atoms with E-state index in [9.17, 15) is 0 Å². The van der Waals surface area contributed by atoms with Gasteiger partial charge in [-0.1, -0.05) is 42.5 Å². The molecular weight excluding hydrogens is 1280 g/mol.